The first-order chi connectivity index (χ1) is 7.47. The number of alkyl halides is 3. The quantitative estimate of drug-likeness (QED) is 0.815. The maximum Gasteiger partial charge on any atom is 0.414 e. The highest BCUT2D eigenvalue weighted by atomic mass is 19.4. The molecule has 0 aliphatic rings. The van der Waals surface area contributed by atoms with Gasteiger partial charge in [0, 0.05) is 18.1 Å². The van der Waals surface area contributed by atoms with Crippen LogP contribution in [0.4, 0.5) is 13.2 Å². The van der Waals surface area contributed by atoms with Gasteiger partial charge < -0.3 is 10.1 Å². The number of benzene rings is 1. The molecular weight excluding hydrogens is 219 g/mol. The highest BCUT2D eigenvalue weighted by molar-refractivity contribution is 5.79. The largest absolute Gasteiger partial charge is 0.414 e. The summed E-state index contributed by atoms with van der Waals surface area (Å²) in [7, 11) is 0. The van der Waals surface area contributed by atoms with Gasteiger partial charge in [0.25, 0.3) is 0 Å². The molecule has 0 spiro atoms. The highest BCUT2D eigenvalue weighted by Crippen LogP contribution is 2.24. The average Bonchev–Trinajstić information content (AvgIpc) is 2.63. The van der Waals surface area contributed by atoms with Crippen molar-refractivity contribution in [3.63, 3.8) is 0 Å². The molecule has 0 radical (unpaired) electrons. The molecule has 0 aliphatic carbocycles. The molecule has 0 saturated carbocycles. The summed E-state index contributed by atoms with van der Waals surface area (Å²) >= 11 is 0. The number of fused-ring (bicyclic) bond motifs is 1. The Kier molecular flexibility index (Phi) is 2.63. The van der Waals surface area contributed by atoms with Crippen LogP contribution in [0.1, 0.15) is 5.56 Å². The van der Waals surface area contributed by atoms with Crippen LogP contribution in [0.5, 0.6) is 0 Å². The number of hydrogen-bond donors (Lipinski definition) is 2. The van der Waals surface area contributed by atoms with Crippen molar-refractivity contribution in [2.75, 3.05) is 0 Å². The summed E-state index contributed by atoms with van der Waals surface area (Å²) in [5, 5.41) is 9.77. The van der Waals surface area contributed by atoms with Crippen molar-refractivity contribution < 1.29 is 18.3 Å². The third-order valence-electron chi connectivity index (χ3n) is 2.42. The molecule has 2 N–H and O–H groups in total. The monoisotopic (exact) mass is 229 g/mol. The molecule has 0 saturated heterocycles. The number of aromatic amines is 1. The van der Waals surface area contributed by atoms with Crippen LogP contribution in [0, 0.1) is 0 Å². The van der Waals surface area contributed by atoms with Crippen molar-refractivity contribution in [2.45, 2.75) is 18.7 Å². The Morgan fingerprint density at radius 2 is 2.00 bits per heavy atom. The fourth-order valence-corrected chi connectivity index (χ4v) is 1.57. The van der Waals surface area contributed by atoms with Gasteiger partial charge in [-0.05, 0) is 29.1 Å². The summed E-state index contributed by atoms with van der Waals surface area (Å²) in [6.45, 7) is 0. The molecular formula is C11H10F3NO. The number of aromatic nitrogens is 1. The van der Waals surface area contributed by atoms with Gasteiger partial charge in [0.05, 0.1) is 0 Å². The Labute approximate surface area is 89.7 Å². The van der Waals surface area contributed by atoms with E-state index in [1.165, 1.54) is 0 Å². The van der Waals surface area contributed by atoms with Crippen LogP contribution in [0.25, 0.3) is 10.9 Å². The first-order valence-electron chi connectivity index (χ1n) is 4.77. The fourth-order valence-electron chi connectivity index (χ4n) is 1.57. The molecule has 0 amide bonds. The van der Waals surface area contributed by atoms with Gasteiger partial charge in [-0.15, -0.1) is 0 Å². The van der Waals surface area contributed by atoms with Crippen molar-refractivity contribution in [1.29, 1.82) is 0 Å². The third kappa shape index (κ3) is 2.19. The Bertz CT molecular complexity index is 489. The molecule has 1 atom stereocenters. The first kappa shape index (κ1) is 11.0. The van der Waals surface area contributed by atoms with Gasteiger partial charge in [-0.2, -0.15) is 13.2 Å². The molecule has 1 heterocycles. The van der Waals surface area contributed by atoms with Gasteiger partial charge in [-0.25, -0.2) is 0 Å². The van der Waals surface area contributed by atoms with Crippen LogP contribution in [0.2, 0.25) is 0 Å². The molecule has 2 aromatic rings. The second-order valence-electron chi connectivity index (χ2n) is 3.66. The molecule has 16 heavy (non-hydrogen) atoms. The molecule has 2 rings (SSSR count). The molecule has 1 aromatic heterocycles. The van der Waals surface area contributed by atoms with Crippen LogP contribution < -0.4 is 0 Å². The number of aliphatic hydroxyl groups excluding tert-OH is 1. The van der Waals surface area contributed by atoms with Gasteiger partial charge in [0.15, 0.2) is 6.10 Å². The van der Waals surface area contributed by atoms with Crippen LogP contribution in [0.15, 0.2) is 30.5 Å². The summed E-state index contributed by atoms with van der Waals surface area (Å²) in [6, 6.07) is 6.70. The lowest BCUT2D eigenvalue weighted by molar-refractivity contribution is -0.203. The number of H-pyrrole nitrogens is 1. The van der Waals surface area contributed by atoms with Crippen LogP contribution in [-0.4, -0.2) is 22.4 Å². The third-order valence-corrected chi connectivity index (χ3v) is 2.42. The van der Waals surface area contributed by atoms with Crippen molar-refractivity contribution in [1.82, 2.24) is 4.98 Å². The zero-order valence-corrected chi connectivity index (χ0v) is 8.25. The lowest BCUT2D eigenvalue weighted by Gasteiger charge is -2.14. The average molecular weight is 229 g/mol. The predicted octanol–water partition coefficient (Wildman–Crippen LogP) is 2.63. The zero-order chi connectivity index (χ0) is 11.8. The topological polar surface area (TPSA) is 36.0 Å². The summed E-state index contributed by atoms with van der Waals surface area (Å²) in [5.41, 5.74) is 1.34. The molecule has 0 aliphatic heterocycles. The number of aliphatic hydroxyl groups is 1. The summed E-state index contributed by atoms with van der Waals surface area (Å²) in [5.74, 6) is 0. The van der Waals surface area contributed by atoms with E-state index in [0.29, 0.717) is 5.56 Å². The summed E-state index contributed by atoms with van der Waals surface area (Å²) < 4.78 is 36.4. The van der Waals surface area contributed by atoms with E-state index in [4.69, 9.17) is 5.11 Å². The molecule has 5 heteroatoms. The van der Waals surface area contributed by atoms with Gasteiger partial charge >= 0.3 is 6.18 Å². The minimum atomic E-state index is -4.56. The smallest absolute Gasteiger partial charge is 0.383 e. The van der Waals surface area contributed by atoms with Crippen molar-refractivity contribution in [3.8, 4) is 0 Å². The fraction of sp³-hybridized carbons (Fsp3) is 0.273. The van der Waals surface area contributed by atoms with Gasteiger partial charge in [-0.1, -0.05) is 6.07 Å². The predicted molar refractivity (Wildman–Crippen MR) is 54.1 cm³/mol. The second kappa shape index (κ2) is 3.83. The van der Waals surface area contributed by atoms with E-state index >= 15 is 0 Å². The molecule has 86 valence electrons. The Morgan fingerprint density at radius 1 is 1.25 bits per heavy atom. The molecule has 1 aromatic carbocycles. The van der Waals surface area contributed by atoms with E-state index in [9.17, 15) is 13.2 Å². The minimum Gasteiger partial charge on any atom is -0.383 e. The first-order valence-corrected chi connectivity index (χ1v) is 4.77. The van der Waals surface area contributed by atoms with Gasteiger partial charge in [0.2, 0.25) is 0 Å². The molecule has 0 fully saturated rings. The van der Waals surface area contributed by atoms with E-state index in [2.05, 4.69) is 4.98 Å². The number of rotatable bonds is 2. The lowest BCUT2D eigenvalue weighted by Crippen LogP contribution is -2.30. The van der Waals surface area contributed by atoms with Crippen molar-refractivity contribution >= 4 is 10.9 Å². The van der Waals surface area contributed by atoms with E-state index in [0.717, 1.165) is 10.9 Å². The molecule has 0 bridgehead atoms. The van der Waals surface area contributed by atoms with Crippen LogP contribution >= 0.6 is 0 Å². The summed E-state index contributed by atoms with van der Waals surface area (Å²) in [6.07, 6.45) is -5.56. The normalized spacial score (nSPS) is 14.2. The van der Waals surface area contributed by atoms with E-state index < -0.39 is 18.7 Å². The van der Waals surface area contributed by atoms with Crippen molar-refractivity contribution in [3.05, 3.63) is 36.0 Å². The zero-order valence-electron chi connectivity index (χ0n) is 8.25. The number of nitrogens with one attached hydrogen (secondary N) is 1. The van der Waals surface area contributed by atoms with Crippen LogP contribution in [-0.2, 0) is 6.42 Å². The van der Waals surface area contributed by atoms with E-state index in [1.807, 2.05) is 0 Å². The number of hydrogen-bond acceptors (Lipinski definition) is 1. The minimum absolute atomic E-state index is 0.412. The van der Waals surface area contributed by atoms with Crippen molar-refractivity contribution in [2.24, 2.45) is 0 Å². The number of halogens is 3. The highest BCUT2D eigenvalue weighted by Gasteiger charge is 2.37. The SMILES string of the molecule is OC(Cc1ccc2[nH]ccc2c1)C(F)(F)F. The maximum atomic E-state index is 12.1. The van der Waals surface area contributed by atoms with Crippen LogP contribution in [0.3, 0.4) is 0 Å². The second-order valence-corrected chi connectivity index (χ2v) is 3.66. The van der Waals surface area contributed by atoms with Gasteiger partial charge in [0.1, 0.15) is 0 Å². The lowest BCUT2D eigenvalue weighted by atomic mass is 10.1. The Balaban J connectivity index is 2.21. The molecule has 1 unspecified atom stereocenters. The van der Waals surface area contributed by atoms with Gasteiger partial charge in [-0.3, -0.25) is 0 Å². The summed E-state index contributed by atoms with van der Waals surface area (Å²) in [4.78, 5) is 2.95. The standard InChI is InChI=1S/C11H10F3NO/c12-11(13,14)10(16)6-7-1-2-9-8(5-7)3-4-15-9/h1-5,10,15-16H,6H2. The van der Waals surface area contributed by atoms with E-state index in [1.54, 1.807) is 30.5 Å². The Morgan fingerprint density at radius 3 is 2.69 bits per heavy atom. The molecule has 2 nitrogen and oxygen atoms in total. The van der Waals surface area contributed by atoms with E-state index in [-0.39, 0.29) is 0 Å². The Hall–Kier alpha value is -1.49. The maximum absolute atomic E-state index is 12.1.